The molecule has 28 heavy (non-hydrogen) atoms. The first-order chi connectivity index (χ1) is 13.5. The summed E-state index contributed by atoms with van der Waals surface area (Å²) in [5.41, 5.74) is 1.19. The second-order valence-electron chi connectivity index (χ2n) is 5.45. The van der Waals surface area contributed by atoms with E-state index in [-0.39, 0.29) is 0 Å². The number of methoxy groups -OCH3 is 3. The van der Waals surface area contributed by atoms with Crippen molar-refractivity contribution in [2.45, 2.75) is 0 Å². The molecule has 0 aliphatic rings. The maximum Gasteiger partial charge on any atom is 0.331 e. The summed E-state index contributed by atoms with van der Waals surface area (Å²) < 4.78 is 20.7. The molecule has 1 amide bonds. The number of hydrogen-bond acceptors (Lipinski definition) is 6. The molecule has 7 nitrogen and oxygen atoms in total. The van der Waals surface area contributed by atoms with E-state index >= 15 is 0 Å². The number of carbonyl (C=O) groups is 2. The van der Waals surface area contributed by atoms with Gasteiger partial charge >= 0.3 is 5.97 Å². The molecule has 0 aliphatic carbocycles. The van der Waals surface area contributed by atoms with Crippen molar-refractivity contribution in [2.75, 3.05) is 33.3 Å². The second-order valence-corrected chi connectivity index (χ2v) is 5.89. The third-order valence-electron chi connectivity index (χ3n) is 3.57. The number of nitrogens with one attached hydrogen (secondary N) is 1. The minimum Gasteiger partial charge on any atom is -0.493 e. The molecule has 0 aromatic heterocycles. The molecule has 0 fully saturated rings. The van der Waals surface area contributed by atoms with E-state index in [1.54, 1.807) is 36.4 Å². The van der Waals surface area contributed by atoms with Gasteiger partial charge in [-0.2, -0.15) is 0 Å². The van der Waals surface area contributed by atoms with Crippen LogP contribution in [-0.4, -0.2) is 39.8 Å². The smallest absolute Gasteiger partial charge is 0.331 e. The summed E-state index contributed by atoms with van der Waals surface area (Å²) >= 11 is 5.78. The van der Waals surface area contributed by atoms with Crippen LogP contribution in [0.3, 0.4) is 0 Å². The maximum absolute atomic E-state index is 11.9. The zero-order valence-electron chi connectivity index (χ0n) is 15.7. The zero-order valence-corrected chi connectivity index (χ0v) is 16.4. The van der Waals surface area contributed by atoms with Gasteiger partial charge in [0.15, 0.2) is 18.1 Å². The van der Waals surface area contributed by atoms with E-state index in [9.17, 15) is 9.59 Å². The first kappa shape index (κ1) is 21.1. The van der Waals surface area contributed by atoms with E-state index in [1.807, 2.05) is 0 Å². The Balaban J connectivity index is 1.94. The Morgan fingerprint density at radius 2 is 1.61 bits per heavy atom. The first-order valence-corrected chi connectivity index (χ1v) is 8.55. The van der Waals surface area contributed by atoms with Gasteiger partial charge in [0.2, 0.25) is 5.75 Å². The molecule has 0 atom stereocenters. The number of hydrogen-bond donors (Lipinski definition) is 1. The summed E-state index contributed by atoms with van der Waals surface area (Å²) in [6.07, 6.45) is 2.72. The van der Waals surface area contributed by atoms with Crippen molar-refractivity contribution >= 4 is 35.2 Å². The highest BCUT2D eigenvalue weighted by Gasteiger charge is 2.12. The molecule has 2 rings (SSSR count). The fourth-order valence-corrected chi connectivity index (χ4v) is 2.40. The van der Waals surface area contributed by atoms with E-state index in [4.69, 9.17) is 30.5 Å². The molecule has 0 saturated heterocycles. The summed E-state index contributed by atoms with van der Waals surface area (Å²) in [6.45, 7) is -0.416. The molecule has 0 unspecified atom stereocenters. The topological polar surface area (TPSA) is 83.1 Å². The Morgan fingerprint density at radius 3 is 2.14 bits per heavy atom. The van der Waals surface area contributed by atoms with Crippen LogP contribution in [0.1, 0.15) is 5.56 Å². The molecule has 0 bridgehead atoms. The molecule has 0 saturated carbocycles. The van der Waals surface area contributed by atoms with Crippen molar-refractivity contribution in [1.82, 2.24) is 0 Å². The molecule has 8 heteroatoms. The number of ether oxygens (including phenoxy) is 4. The van der Waals surface area contributed by atoms with Crippen molar-refractivity contribution in [1.29, 1.82) is 0 Å². The summed E-state index contributed by atoms with van der Waals surface area (Å²) in [5, 5.41) is 3.15. The van der Waals surface area contributed by atoms with E-state index in [1.165, 1.54) is 33.5 Å². The number of rotatable bonds is 8. The Labute approximate surface area is 167 Å². The van der Waals surface area contributed by atoms with Gasteiger partial charge in [-0.25, -0.2) is 4.79 Å². The third kappa shape index (κ3) is 5.92. The molecule has 0 heterocycles. The van der Waals surface area contributed by atoms with Gasteiger partial charge in [0, 0.05) is 16.8 Å². The van der Waals surface area contributed by atoms with Gasteiger partial charge < -0.3 is 24.3 Å². The van der Waals surface area contributed by atoms with Crippen LogP contribution in [0.25, 0.3) is 6.08 Å². The lowest BCUT2D eigenvalue weighted by Gasteiger charge is -2.12. The SMILES string of the molecule is COc1cc(/C=C/C(=O)OCC(=O)Nc2ccc(Cl)cc2)cc(OC)c1OC. The summed E-state index contributed by atoms with van der Waals surface area (Å²) in [5.74, 6) is 0.231. The molecule has 0 spiro atoms. The lowest BCUT2D eigenvalue weighted by atomic mass is 10.1. The standard InChI is InChI=1S/C20H20ClNO6/c1-25-16-10-13(11-17(26-2)20(16)27-3)4-9-19(24)28-12-18(23)22-15-7-5-14(21)6-8-15/h4-11H,12H2,1-3H3,(H,22,23)/b9-4+. The quantitative estimate of drug-likeness (QED) is 0.534. The molecule has 0 aliphatic heterocycles. The van der Waals surface area contributed by atoms with Crippen molar-refractivity contribution < 1.29 is 28.5 Å². The number of benzene rings is 2. The summed E-state index contributed by atoms with van der Waals surface area (Å²) in [4.78, 5) is 23.7. The van der Waals surface area contributed by atoms with Crippen LogP contribution in [0.5, 0.6) is 17.2 Å². The van der Waals surface area contributed by atoms with E-state index in [2.05, 4.69) is 5.32 Å². The molecule has 148 valence electrons. The minimum atomic E-state index is -0.667. The Kier molecular flexibility index (Phi) is 7.71. The molecular formula is C20H20ClNO6. The monoisotopic (exact) mass is 405 g/mol. The van der Waals surface area contributed by atoms with Crippen LogP contribution in [0.4, 0.5) is 5.69 Å². The molecule has 2 aromatic carbocycles. The fourth-order valence-electron chi connectivity index (χ4n) is 2.28. The van der Waals surface area contributed by atoms with Crippen molar-refractivity contribution in [2.24, 2.45) is 0 Å². The average Bonchev–Trinajstić information content (AvgIpc) is 2.71. The average molecular weight is 406 g/mol. The van der Waals surface area contributed by atoms with Gasteiger partial charge in [0.1, 0.15) is 0 Å². The van der Waals surface area contributed by atoms with Crippen LogP contribution in [0.2, 0.25) is 5.02 Å². The Hall–Kier alpha value is -3.19. The van der Waals surface area contributed by atoms with Gasteiger partial charge in [-0.05, 0) is 48.0 Å². The normalized spacial score (nSPS) is 10.4. The molecular weight excluding hydrogens is 386 g/mol. The molecule has 0 radical (unpaired) electrons. The zero-order chi connectivity index (χ0) is 20.5. The maximum atomic E-state index is 11.9. The number of anilines is 1. The largest absolute Gasteiger partial charge is 0.493 e. The second kappa shape index (κ2) is 10.2. The van der Waals surface area contributed by atoms with Crippen LogP contribution in [0, 0.1) is 0 Å². The van der Waals surface area contributed by atoms with Crippen LogP contribution < -0.4 is 19.5 Å². The predicted octanol–water partition coefficient (Wildman–Crippen LogP) is 3.56. The summed E-state index contributed by atoms with van der Waals surface area (Å²) in [7, 11) is 4.50. The van der Waals surface area contributed by atoms with Gasteiger partial charge in [0.25, 0.3) is 5.91 Å². The fraction of sp³-hybridized carbons (Fsp3) is 0.200. The molecule has 1 N–H and O–H groups in total. The lowest BCUT2D eigenvalue weighted by molar-refractivity contribution is -0.142. The van der Waals surface area contributed by atoms with E-state index in [0.29, 0.717) is 33.5 Å². The van der Waals surface area contributed by atoms with E-state index < -0.39 is 18.5 Å². The molecule has 2 aromatic rings. The number of halogens is 1. The van der Waals surface area contributed by atoms with Crippen LogP contribution in [-0.2, 0) is 14.3 Å². The Bertz CT molecular complexity index is 838. The van der Waals surface area contributed by atoms with Crippen LogP contribution in [0.15, 0.2) is 42.5 Å². The highest BCUT2D eigenvalue weighted by Crippen LogP contribution is 2.38. The Morgan fingerprint density at radius 1 is 1.00 bits per heavy atom. The van der Waals surface area contributed by atoms with Crippen molar-refractivity contribution in [3.8, 4) is 17.2 Å². The highest BCUT2D eigenvalue weighted by molar-refractivity contribution is 6.30. The van der Waals surface area contributed by atoms with Gasteiger partial charge in [-0.15, -0.1) is 0 Å². The third-order valence-corrected chi connectivity index (χ3v) is 3.82. The minimum absolute atomic E-state index is 0.416. The van der Waals surface area contributed by atoms with Gasteiger partial charge in [-0.1, -0.05) is 11.6 Å². The number of esters is 1. The predicted molar refractivity (Wildman–Crippen MR) is 106 cm³/mol. The first-order valence-electron chi connectivity index (χ1n) is 8.17. The van der Waals surface area contributed by atoms with Crippen molar-refractivity contribution in [3.63, 3.8) is 0 Å². The van der Waals surface area contributed by atoms with Crippen molar-refractivity contribution in [3.05, 3.63) is 53.1 Å². The van der Waals surface area contributed by atoms with Crippen LogP contribution >= 0.6 is 11.6 Å². The highest BCUT2D eigenvalue weighted by atomic mass is 35.5. The number of amides is 1. The summed E-state index contributed by atoms with van der Waals surface area (Å²) in [6, 6.07) is 9.93. The van der Waals surface area contributed by atoms with E-state index in [0.717, 1.165) is 0 Å². The van der Waals surface area contributed by atoms with Gasteiger partial charge in [-0.3, -0.25) is 4.79 Å². The van der Waals surface area contributed by atoms with Gasteiger partial charge in [0.05, 0.1) is 21.3 Å². The number of carbonyl (C=O) groups excluding carboxylic acids is 2. The lowest BCUT2D eigenvalue weighted by Crippen LogP contribution is -2.20.